The van der Waals surface area contributed by atoms with Gasteiger partial charge in [-0.15, -0.1) is 0 Å². The number of amides is 6. The van der Waals surface area contributed by atoms with E-state index >= 15 is 0 Å². The number of nitrogens with two attached hydrogens (primary N) is 4. The van der Waals surface area contributed by atoms with Gasteiger partial charge in [-0.2, -0.15) is 0 Å². The summed E-state index contributed by atoms with van der Waals surface area (Å²) < 4.78 is 0. The Balaban J connectivity index is 2.93. The van der Waals surface area contributed by atoms with Crippen LogP contribution in [0.15, 0.2) is 4.99 Å². The minimum atomic E-state index is -1.01. The molecule has 6 amide bonds. The van der Waals surface area contributed by atoms with Crippen LogP contribution in [0, 0.1) is 0 Å². The minimum absolute atomic E-state index is 0.108. The lowest BCUT2D eigenvalue weighted by molar-refractivity contribution is -0.142. The van der Waals surface area contributed by atoms with E-state index in [0.29, 0.717) is 45.1 Å². The number of unbranched alkanes of at least 4 members (excludes halogenated alkanes) is 1. The third-order valence-corrected chi connectivity index (χ3v) is 6.57. The molecule has 0 aliphatic carbocycles. The van der Waals surface area contributed by atoms with Crippen molar-refractivity contribution in [2.45, 2.75) is 95.9 Å². The number of aliphatic imine (C=N–C) groups is 1. The van der Waals surface area contributed by atoms with E-state index in [4.69, 9.17) is 22.9 Å². The molecule has 41 heavy (non-hydrogen) atoms. The van der Waals surface area contributed by atoms with Crippen molar-refractivity contribution in [2.24, 2.45) is 27.9 Å². The molecule has 12 N–H and O–H groups in total. The van der Waals surface area contributed by atoms with Crippen molar-refractivity contribution in [1.29, 1.82) is 0 Å². The Morgan fingerprint density at radius 3 is 2.00 bits per heavy atom. The van der Waals surface area contributed by atoms with Crippen LogP contribution in [0.5, 0.6) is 0 Å². The fraction of sp³-hybridized carbons (Fsp3) is 0.720. The first kappa shape index (κ1) is 35.1. The molecule has 0 spiro atoms. The van der Waals surface area contributed by atoms with Gasteiger partial charge in [0.2, 0.25) is 35.4 Å². The maximum absolute atomic E-state index is 13.6. The van der Waals surface area contributed by atoms with Gasteiger partial charge in [0.05, 0.1) is 0 Å². The average Bonchev–Trinajstić information content (AvgIpc) is 3.38. The van der Waals surface area contributed by atoms with E-state index in [2.05, 4.69) is 26.3 Å². The molecule has 0 radical (unpaired) electrons. The van der Waals surface area contributed by atoms with Crippen LogP contribution in [-0.4, -0.2) is 96.1 Å². The lowest BCUT2D eigenvalue weighted by Gasteiger charge is -2.30. The molecule has 1 heterocycles. The molecule has 0 unspecified atom stereocenters. The highest BCUT2D eigenvalue weighted by Gasteiger charge is 2.38. The van der Waals surface area contributed by atoms with Crippen molar-refractivity contribution in [3.05, 3.63) is 0 Å². The van der Waals surface area contributed by atoms with Crippen LogP contribution in [0.2, 0.25) is 0 Å². The van der Waals surface area contributed by atoms with Crippen molar-refractivity contribution in [2.75, 3.05) is 19.6 Å². The summed E-state index contributed by atoms with van der Waals surface area (Å²) >= 11 is 0. The minimum Gasteiger partial charge on any atom is -0.370 e. The molecular formula is C25H46N10O6. The van der Waals surface area contributed by atoms with Crippen molar-refractivity contribution < 1.29 is 28.8 Å². The van der Waals surface area contributed by atoms with E-state index in [1.165, 1.54) is 25.7 Å². The fourth-order valence-corrected chi connectivity index (χ4v) is 4.38. The van der Waals surface area contributed by atoms with Crippen LogP contribution < -0.4 is 44.2 Å². The van der Waals surface area contributed by atoms with Crippen LogP contribution in [0.25, 0.3) is 0 Å². The molecule has 1 fully saturated rings. The van der Waals surface area contributed by atoms with Crippen molar-refractivity contribution in [1.82, 2.24) is 26.2 Å². The van der Waals surface area contributed by atoms with Crippen LogP contribution in [0.4, 0.5) is 0 Å². The number of nitrogens with zero attached hydrogens (tertiary/aromatic N) is 2. The maximum Gasteiger partial charge on any atom is 0.245 e. The normalized spacial score (nSPS) is 17.4. The third-order valence-electron chi connectivity index (χ3n) is 6.57. The Morgan fingerprint density at radius 1 is 0.854 bits per heavy atom. The van der Waals surface area contributed by atoms with Gasteiger partial charge in [-0.3, -0.25) is 33.8 Å². The largest absolute Gasteiger partial charge is 0.370 e. The molecule has 16 nitrogen and oxygen atoms in total. The number of likely N-dealkylation sites (tertiary alicyclic amines) is 1. The van der Waals surface area contributed by atoms with E-state index in [-0.39, 0.29) is 25.5 Å². The topological polar surface area (TPSA) is 270 Å². The molecule has 5 atom stereocenters. The van der Waals surface area contributed by atoms with E-state index in [0.717, 1.165) is 0 Å². The zero-order chi connectivity index (χ0) is 31.1. The number of nitrogens with one attached hydrogen (secondary N) is 4. The summed E-state index contributed by atoms with van der Waals surface area (Å²) in [5.41, 5.74) is 21.6. The quantitative estimate of drug-likeness (QED) is 0.0482. The Morgan fingerprint density at radius 2 is 1.44 bits per heavy atom. The third kappa shape index (κ3) is 12.4. The first-order valence-electron chi connectivity index (χ1n) is 13.8. The summed E-state index contributed by atoms with van der Waals surface area (Å²) in [4.78, 5) is 80.4. The molecule has 1 saturated heterocycles. The van der Waals surface area contributed by atoms with Gasteiger partial charge in [-0.05, 0) is 65.3 Å². The van der Waals surface area contributed by atoms with E-state index < -0.39 is 65.7 Å². The highest BCUT2D eigenvalue weighted by atomic mass is 16.2. The number of guanidine groups is 1. The van der Waals surface area contributed by atoms with Gasteiger partial charge in [0, 0.05) is 20.0 Å². The summed E-state index contributed by atoms with van der Waals surface area (Å²) in [7, 11) is 0. The molecule has 1 aliphatic heterocycles. The Bertz CT molecular complexity index is 971. The second-order valence-electron chi connectivity index (χ2n) is 10.1. The Kier molecular flexibility index (Phi) is 15.1. The first-order valence-corrected chi connectivity index (χ1v) is 13.8. The summed E-state index contributed by atoms with van der Waals surface area (Å²) in [6, 6.07) is -4.69. The van der Waals surface area contributed by atoms with E-state index in [1.807, 2.05) is 0 Å². The standard InChI is InChI=1S/C25H46N10O6/c1-14(31-16(3)36)21(38)34-18(9-6-12-30-25(28)29)24(41)35-13-7-10-19(35)23(40)32-15(2)22(39)33-17(20(27)37)8-4-5-11-26/h14-15,17-19H,4-13,26H2,1-3H3,(H2,27,37)(H,31,36)(H,32,40)(H,33,39)(H,34,38)(H4,28,29,30)/t14-,15-,17-,18-,19-/m0/s1. The summed E-state index contributed by atoms with van der Waals surface area (Å²) in [5.74, 6) is -3.40. The zero-order valence-electron chi connectivity index (χ0n) is 24.1. The van der Waals surface area contributed by atoms with Gasteiger partial charge in [-0.25, -0.2) is 0 Å². The number of carbonyl (C=O) groups excluding carboxylic acids is 6. The van der Waals surface area contributed by atoms with Gasteiger partial charge >= 0.3 is 0 Å². The van der Waals surface area contributed by atoms with Gasteiger partial charge < -0.3 is 49.1 Å². The van der Waals surface area contributed by atoms with Gasteiger partial charge in [-0.1, -0.05) is 0 Å². The predicted octanol–water partition coefficient (Wildman–Crippen LogP) is -3.36. The second kappa shape index (κ2) is 17.7. The lowest BCUT2D eigenvalue weighted by Crippen LogP contribution is -2.58. The molecule has 0 aromatic carbocycles. The van der Waals surface area contributed by atoms with Crippen molar-refractivity contribution in [3.63, 3.8) is 0 Å². The summed E-state index contributed by atoms with van der Waals surface area (Å²) in [6.07, 6.45) is 3.00. The molecule has 0 aromatic rings. The molecular weight excluding hydrogens is 536 g/mol. The number of hydrogen-bond donors (Lipinski definition) is 8. The SMILES string of the molecule is CC(=O)N[C@@H](C)C(=O)N[C@@H](CCCN=C(N)N)C(=O)N1CCC[C@H]1C(=O)N[C@@H](C)C(=O)N[C@@H](CCCCN)C(N)=O. The average molecular weight is 583 g/mol. The first-order chi connectivity index (χ1) is 19.3. The van der Waals surface area contributed by atoms with Crippen LogP contribution >= 0.6 is 0 Å². The Labute approximate surface area is 240 Å². The van der Waals surface area contributed by atoms with Gasteiger partial charge in [0.25, 0.3) is 0 Å². The lowest BCUT2D eigenvalue weighted by atomic mass is 10.1. The zero-order valence-corrected chi connectivity index (χ0v) is 24.1. The monoisotopic (exact) mass is 582 g/mol. The number of rotatable bonds is 17. The highest BCUT2D eigenvalue weighted by Crippen LogP contribution is 2.20. The molecule has 0 bridgehead atoms. The van der Waals surface area contributed by atoms with Crippen LogP contribution in [-0.2, 0) is 28.8 Å². The van der Waals surface area contributed by atoms with Gasteiger partial charge in [0.1, 0.15) is 30.2 Å². The van der Waals surface area contributed by atoms with Gasteiger partial charge in [0.15, 0.2) is 5.96 Å². The molecule has 232 valence electrons. The van der Waals surface area contributed by atoms with E-state index in [9.17, 15) is 28.8 Å². The number of hydrogen-bond acceptors (Lipinski definition) is 8. The molecule has 0 aromatic heterocycles. The van der Waals surface area contributed by atoms with Crippen LogP contribution in [0.1, 0.15) is 65.7 Å². The Hall–Kier alpha value is -3.95. The molecule has 0 saturated carbocycles. The molecule has 16 heteroatoms. The van der Waals surface area contributed by atoms with Crippen molar-refractivity contribution >= 4 is 41.4 Å². The second-order valence-corrected chi connectivity index (χ2v) is 10.1. The number of carbonyl (C=O) groups is 6. The molecule has 1 aliphatic rings. The van der Waals surface area contributed by atoms with Crippen molar-refractivity contribution in [3.8, 4) is 0 Å². The number of primary amides is 1. The smallest absolute Gasteiger partial charge is 0.245 e. The van der Waals surface area contributed by atoms with Crippen LogP contribution in [0.3, 0.4) is 0 Å². The van der Waals surface area contributed by atoms with E-state index in [1.54, 1.807) is 0 Å². The summed E-state index contributed by atoms with van der Waals surface area (Å²) in [6.45, 7) is 5.14. The predicted molar refractivity (Wildman–Crippen MR) is 151 cm³/mol. The molecule has 1 rings (SSSR count). The maximum atomic E-state index is 13.6. The fourth-order valence-electron chi connectivity index (χ4n) is 4.38. The highest BCUT2D eigenvalue weighted by molar-refractivity contribution is 5.96. The summed E-state index contributed by atoms with van der Waals surface area (Å²) in [5, 5.41) is 10.3.